The maximum atomic E-state index is 13.1. The fourth-order valence-corrected chi connectivity index (χ4v) is 4.57. The van der Waals surface area contributed by atoms with Gasteiger partial charge in [0, 0.05) is 45.9 Å². The van der Waals surface area contributed by atoms with Crippen LogP contribution in [0.1, 0.15) is 33.1 Å². The number of hydrogen-bond acceptors (Lipinski definition) is 12. The Morgan fingerprint density at radius 1 is 1.27 bits per heavy atom. The first kappa shape index (κ1) is 28.7. The number of anilines is 2. The number of nitrogens with zero attached hydrogens (tertiary/aromatic N) is 4. The Balaban J connectivity index is 1.17. The number of amides is 1. The molecule has 3 aromatic rings. The summed E-state index contributed by atoms with van der Waals surface area (Å²) in [4.78, 5) is 28.0. The van der Waals surface area contributed by atoms with Crippen LogP contribution >= 0.6 is 0 Å². The molecule has 4 heterocycles. The number of carbonyl (C=O) groups is 1. The molecule has 0 bridgehead atoms. The first-order chi connectivity index (χ1) is 19.9. The molecule has 41 heavy (non-hydrogen) atoms. The van der Waals surface area contributed by atoms with Gasteiger partial charge in [0.15, 0.2) is 12.2 Å². The van der Waals surface area contributed by atoms with Crippen molar-refractivity contribution in [3.63, 3.8) is 0 Å². The second-order valence-electron chi connectivity index (χ2n) is 10.3. The molecule has 5 rings (SSSR count). The molecule has 0 saturated carbocycles. The van der Waals surface area contributed by atoms with Crippen molar-refractivity contribution in [1.82, 2.24) is 25.6 Å². The Morgan fingerprint density at radius 3 is 2.85 bits per heavy atom. The van der Waals surface area contributed by atoms with E-state index in [9.17, 15) is 9.90 Å². The summed E-state index contributed by atoms with van der Waals surface area (Å²) in [7, 11) is 3.47. The van der Waals surface area contributed by atoms with Gasteiger partial charge >= 0.3 is 0 Å². The molecule has 1 aromatic carbocycles. The summed E-state index contributed by atoms with van der Waals surface area (Å²) in [5, 5.41) is 20.4. The third kappa shape index (κ3) is 7.30. The highest BCUT2D eigenvalue weighted by atomic mass is 16.5. The van der Waals surface area contributed by atoms with E-state index in [0.717, 1.165) is 22.6 Å². The second-order valence-corrected chi connectivity index (χ2v) is 10.3. The fraction of sp³-hybridized carbons (Fsp3) is 0.500. The van der Waals surface area contributed by atoms with Crippen molar-refractivity contribution in [3.05, 3.63) is 58.9 Å². The normalized spacial score (nSPS) is 17.3. The Morgan fingerprint density at radius 2 is 2.12 bits per heavy atom. The predicted octanol–water partition coefficient (Wildman–Crippen LogP) is 1.05. The highest BCUT2D eigenvalue weighted by Gasteiger charge is 2.26. The largest absolute Gasteiger partial charge is 0.486 e. The maximum absolute atomic E-state index is 13.1. The molecule has 1 fully saturated rings. The van der Waals surface area contributed by atoms with Gasteiger partial charge in [0.2, 0.25) is 5.95 Å². The number of ether oxygens (including phenoxy) is 3. The minimum Gasteiger partial charge on any atom is -0.486 e. The monoisotopic (exact) mass is 567 g/mol. The second kappa shape index (κ2) is 13.3. The van der Waals surface area contributed by atoms with E-state index in [1.165, 1.54) is 6.39 Å². The molecule has 1 unspecified atom stereocenters. The van der Waals surface area contributed by atoms with Crippen molar-refractivity contribution in [3.8, 4) is 5.75 Å². The standard InChI is InChI=1S/C28H37N7O6/c1-17-25(41-16-31-17)15-40-21-5-4-18-9-22(29-11-19(18)8-21)24(36)12-30-27(37)23-10-26(32-20-13-39-14-20)34-28(33-23)35(2)6-7-38-3/h4-5,8,10,16,20,22,24,29,36H,6-7,9,11-15H2,1-3H3,(H,30,37)(H,32,33,34)/t22-,24?/m0/s1. The van der Waals surface area contributed by atoms with E-state index in [0.29, 0.717) is 63.5 Å². The van der Waals surface area contributed by atoms with Crippen molar-refractivity contribution in [2.24, 2.45) is 0 Å². The van der Waals surface area contributed by atoms with Gasteiger partial charge in [0.05, 0.1) is 37.7 Å². The molecule has 2 aromatic heterocycles. The summed E-state index contributed by atoms with van der Waals surface area (Å²) in [6, 6.07) is 7.46. The Kier molecular flexibility index (Phi) is 9.29. The maximum Gasteiger partial charge on any atom is 0.270 e. The zero-order valence-electron chi connectivity index (χ0n) is 23.6. The number of aliphatic hydroxyl groups is 1. The average Bonchev–Trinajstić information content (AvgIpc) is 3.38. The van der Waals surface area contributed by atoms with Crippen LogP contribution in [0.3, 0.4) is 0 Å². The summed E-state index contributed by atoms with van der Waals surface area (Å²) in [6.07, 6.45) is 1.23. The number of hydrogen-bond donors (Lipinski definition) is 4. The van der Waals surface area contributed by atoms with Gasteiger partial charge in [-0.05, 0) is 36.6 Å². The number of rotatable bonds is 13. The molecule has 220 valence electrons. The van der Waals surface area contributed by atoms with E-state index < -0.39 is 6.10 Å². The molecule has 2 aliphatic heterocycles. The van der Waals surface area contributed by atoms with E-state index in [-0.39, 0.29) is 30.2 Å². The average molecular weight is 568 g/mol. The van der Waals surface area contributed by atoms with Gasteiger partial charge in [-0.3, -0.25) is 4.79 Å². The van der Waals surface area contributed by atoms with Crippen molar-refractivity contribution < 1.29 is 28.5 Å². The molecular formula is C28H37N7O6. The van der Waals surface area contributed by atoms with Gasteiger partial charge in [0.1, 0.15) is 23.9 Å². The van der Waals surface area contributed by atoms with E-state index in [1.54, 1.807) is 13.2 Å². The third-order valence-corrected chi connectivity index (χ3v) is 7.23. The summed E-state index contributed by atoms with van der Waals surface area (Å²) in [6.45, 7) is 5.06. The number of benzene rings is 1. The summed E-state index contributed by atoms with van der Waals surface area (Å²) in [5.74, 6) is 2.00. The molecule has 0 spiro atoms. The molecule has 13 nitrogen and oxygen atoms in total. The van der Waals surface area contributed by atoms with E-state index in [4.69, 9.17) is 18.6 Å². The van der Waals surface area contributed by atoms with Gasteiger partial charge in [0.25, 0.3) is 5.91 Å². The molecule has 1 saturated heterocycles. The van der Waals surface area contributed by atoms with E-state index in [2.05, 4.69) is 30.9 Å². The lowest BCUT2D eigenvalue weighted by Crippen LogP contribution is -2.49. The van der Waals surface area contributed by atoms with Gasteiger partial charge in [-0.2, -0.15) is 4.98 Å². The van der Waals surface area contributed by atoms with E-state index in [1.807, 2.05) is 37.1 Å². The van der Waals surface area contributed by atoms with Gasteiger partial charge < -0.3 is 44.6 Å². The van der Waals surface area contributed by atoms with Crippen LogP contribution in [0.25, 0.3) is 0 Å². The number of carbonyl (C=O) groups excluding carboxylic acids is 1. The smallest absolute Gasteiger partial charge is 0.270 e. The first-order valence-electron chi connectivity index (χ1n) is 13.7. The summed E-state index contributed by atoms with van der Waals surface area (Å²) >= 11 is 0. The van der Waals surface area contributed by atoms with Crippen molar-refractivity contribution in [2.75, 3.05) is 57.3 Å². The van der Waals surface area contributed by atoms with Crippen LogP contribution in [0.2, 0.25) is 0 Å². The fourth-order valence-electron chi connectivity index (χ4n) is 4.57. The predicted molar refractivity (Wildman–Crippen MR) is 150 cm³/mol. The molecule has 2 aliphatic rings. The number of aryl methyl sites for hydroxylation is 1. The highest BCUT2D eigenvalue weighted by Crippen LogP contribution is 2.24. The van der Waals surface area contributed by atoms with Crippen molar-refractivity contribution in [1.29, 1.82) is 0 Å². The first-order valence-corrected chi connectivity index (χ1v) is 13.7. The molecule has 13 heteroatoms. The minimum absolute atomic E-state index is 0.0711. The van der Waals surface area contributed by atoms with Crippen LogP contribution in [0.15, 0.2) is 35.1 Å². The van der Waals surface area contributed by atoms with Crippen molar-refractivity contribution >= 4 is 17.7 Å². The van der Waals surface area contributed by atoms with Gasteiger partial charge in [-0.15, -0.1) is 0 Å². The van der Waals surface area contributed by atoms with Crippen LogP contribution in [0, 0.1) is 6.92 Å². The van der Waals surface area contributed by atoms with Gasteiger partial charge in [-0.1, -0.05) is 6.07 Å². The highest BCUT2D eigenvalue weighted by molar-refractivity contribution is 5.93. The lowest BCUT2D eigenvalue weighted by molar-refractivity contribution is 0.0209. The molecule has 4 N–H and O–H groups in total. The summed E-state index contributed by atoms with van der Waals surface area (Å²) in [5.41, 5.74) is 3.25. The number of oxazole rings is 1. The van der Waals surface area contributed by atoms with Crippen LogP contribution in [-0.2, 0) is 29.0 Å². The number of nitrogens with one attached hydrogen (secondary N) is 3. The Bertz CT molecular complexity index is 1330. The third-order valence-electron chi connectivity index (χ3n) is 7.23. The zero-order valence-corrected chi connectivity index (χ0v) is 23.6. The van der Waals surface area contributed by atoms with Crippen LogP contribution < -0.4 is 25.6 Å². The molecular weight excluding hydrogens is 530 g/mol. The number of aromatic nitrogens is 3. The summed E-state index contributed by atoms with van der Waals surface area (Å²) < 4.78 is 21.6. The number of aliphatic hydroxyl groups excluding tert-OH is 1. The van der Waals surface area contributed by atoms with E-state index >= 15 is 0 Å². The molecule has 2 atom stereocenters. The van der Waals surface area contributed by atoms with Crippen LogP contribution in [-0.4, -0.2) is 91.2 Å². The molecule has 1 amide bonds. The Labute approximate surface area is 238 Å². The lowest BCUT2D eigenvalue weighted by Gasteiger charge is -2.30. The van der Waals surface area contributed by atoms with Crippen LogP contribution in [0.4, 0.5) is 11.8 Å². The minimum atomic E-state index is -0.798. The quantitative estimate of drug-likeness (QED) is 0.233. The lowest BCUT2D eigenvalue weighted by atomic mass is 9.92. The molecule has 0 aliphatic carbocycles. The van der Waals surface area contributed by atoms with Crippen molar-refractivity contribution in [2.45, 2.75) is 44.7 Å². The van der Waals surface area contributed by atoms with Gasteiger partial charge in [-0.25, -0.2) is 9.97 Å². The van der Waals surface area contributed by atoms with Crippen LogP contribution in [0.5, 0.6) is 5.75 Å². The number of likely N-dealkylation sites (N-methyl/N-ethyl adjacent to an activating group) is 1. The zero-order chi connectivity index (χ0) is 28.8. The number of fused-ring (bicyclic) bond motifs is 1. The number of methoxy groups -OCH3 is 1. The Hall–Kier alpha value is -3.78. The molecule has 0 radical (unpaired) electrons. The SMILES string of the molecule is COCCN(C)c1nc(NC2COC2)cc(C(=O)NCC(O)[C@@H]2Cc3ccc(OCc4ocnc4C)cc3CN2)n1. The topological polar surface area (TPSA) is 156 Å².